The Morgan fingerprint density at radius 1 is 1.03 bits per heavy atom. The fourth-order valence-corrected chi connectivity index (χ4v) is 3.15. The predicted molar refractivity (Wildman–Crippen MR) is 114 cm³/mol. The number of ketones is 1. The lowest BCUT2D eigenvalue weighted by Gasteiger charge is -2.15. The number of rotatable bonds is 7. The van der Waals surface area contributed by atoms with Crippen molar-refractivity contribution >= 4 is 22.8 Å². The molecule has 3 aromatic rings. The third-order valence-corrected chi connectivity index (χ3v) is 4.91. The van der Waals surface area contributed by atoms with Crippen molar-refractivity contribution in [2.75, 3.05) is 7.11 Å². The third-order valence-electron chi connectivity index (χ3n) is 4.91. The van der Waals surface area contributed by atoms with E-state index < -0.39 is 12.1 Å². The molecule has 0 aliphatic heterocycles. The van der Waals surface area contributed by atoms with Crippen LogP contribution in [0.15, 0.2) is 36.5 Å². The van der Waals surface area contributed by atoms with Gasteiger partial charge in [-0.25, -0.2) is 14.5 Å². The summed E-state index contributed by atoms with van der Waals surface area (Å²) in [6, 6.07) is 8.52. The molecular formula is C23H27N3O4. The Hall–Kier alpha value is -3.22. The molecular weight excluding hydrogens is 382 g/mol. The number of pyridine rings is 1. The van der Waals surface area contributed by atoms with Gasteiger partial charge in [0.25, 0.3) is 0 Å². The molecule has 7 nitrogen and oxygen atoms in total. The minimum atomic E-state index is -0.934. The van der Waals surface area contributed by atoms with E-state index in [4.69, 9.17) is 14.5 Å². The third kappa shape index (κ3) is 4.20. The highest BCUT2D eigenvalue weighted by molar-refractivity contribution is 6.05. The van der Waals surface area contributed by atoms with E-state index in [0.717, 1.165) is 5.69 Å². The van der Waals surface area contributed by atoms with Gasteiger partial charge in [-0.1, -0.05) is 13.8 Å². The zero-order valence-electron chi connectivity index (χ0n) is 18.2. The maximum atomic E-state index is 13.0. The first-order chi connectivity index (χ1) is 14.2. The number of esters is 1. The summed E-state index contributed by atoms with van der Waals surface area (Å²) >= 11 is 0. The van der Waals surface area contributed by atoms with Gasteiger partial charge in [0.05, 0.1) is 24.3 Å². The summed E-state index contributed by atoms with van der Waals surface area (Å²) in [6.45, 7) is 9.60. The average molecular weight is 409 g/mol. The van der Waals surface area contributed by atoms with Crippen LogP contribution in [0.2, 0.25) is 0 Å². The van der Waals surface area contributed by atoms with Gasteiger partial charge in [-0.2, -0.15) is 5.10 Å². The van der Waals surface area contributed by atoms with Gasteiger partial charge in [-0.15, -0.1) is 0 Å². The highest BCUT2D eigenvalue weighted by Gasteiger charge is 2.24. The topological polar surface area (TPSA) is 83.3 Å². The standard InChI is InChI=1S/C23H27N3O4/c1-13(2)20-11-18(19-12-24-26(14(3)4)22(19)25-20)23(28)30-15(5)21(27)16-7-9-17(29-6)10-8-16/h7-15H,1-6H3/t15-/m1/s1. The van der Waals surface area contributed by atoms with Crippen LogP contribution in [0.25, 0.3) is 11.0 Å². The minimum absolute atomic E-state index is 0.0943. The number of hydrogen-bond acceptors (Lipinski definition) is 6. The highest BCUT2D eigenvalue weighted by atomic mass is 16.5. The molecule has 2 aromatic heterocycles. The molecule has 1 aromatic carbocycles. The number of carbonyl (C=O) groups excluding carboxylic acids is 2. The van der Waals surface area contributed by atoms with E-state index in [0.29, 0.717) is 27.9 Å². The number of carbonyl (C=O) groups is 2. The quantitative estimate of drug-likeness (QED) is 0.420. The Morgan fingerprint density at radius 2 is 1.70 bits per heavy atom. The van der Waals surface area contributed by atoms with Gasteiger partial charge in [0.2, 0.25) is 5.78 Å². The van der Waals surface area contributed by atoms with Crippen LogP contribution >= 0.6 is 0 Å². The number of hydrogen-bond donors (Lipinski definition) is 0. The molecule has 0 aliphatic carbocycles. The lowest BCUT2D eigenvalue weighted by atomic mass is 10.0. The van der Waals surface area contributed by atoms with Crippen molar-refractivity contribution in [3.63, 3.8) is 0 Å². The Labute approximate surface area is 176 Å². The van der Waals surface area contributed by atoms with Gasteiger partial charge >= 0.3 is 5.97 Å². The van der Waals surface area contributed by atoms with Crippen molar-refractivity contribution < 1.29 is 19.1 Å². The van der Waals surface area contributed by atoms with Crippen LogP contribution in [0.3, 0.4) is 0 Å². The van der Waals surface area contributed by atoms with Crippen LogP contribution in [0.5, 0.6) is 5.75 Å². The zero-order valence-corrected chi connectivity index (χ0v) is 18.2. The molecule has 0 spiro atoms. The second kappa shape index (κ2) is 8.65. The molecule has 7 heteroatoms. The SMILES string of the molecule is COc1ccc(C(=O)[C@@H](C)OC(=O)c2cc(C(C)C)nc3c2cnn3C(C)C)cc1. The maximum Gasteiger partial charge on any atom is 0.339 e. The lowest BCUT2D eigenvalue weighted by Crippen LogP contribution is -2.24. The first-order valence-corrected chi connectivity index (χ1v) is 10.00. The number of fused-ring (bicyclic) bond motifs is 1. The van der Waals surface area contributed by atoms with E-state index in [-0.39, 0.29) is 17.7 Å². The number of aromatic nitrogens is 3. The summed E-state index contributed by atoms with van der Waals surface area (Å²) in [6.07, 6.45) is 0.690. The van der Waals surface area contributed by atoms with Crippen LogP contribution in [-0.2, 0) is 4.74 Å². The van der Waals surface area contributed by atoms with Crippen molar-refractivity contribution in [1.82, 2.24) is 14.8 Å². The Morgan fingerprint density at radius 3 is 2.27 bits per heavy atom. The molecule has 0 unspecified atom stereocenters. The fraction of sp³-hybridized carbons (Fsp3) is 0.391. The van der Waals surface area contributed by atoms with Crippen LogP contribution in [0.1, 0.15) is 73.0 Å². The Kier molecular flexibility index (Phi) is 6.20. The molecule has 0 saturated heterocycles. The second-order valence-electron chi connectivity index (χ2n) is 7.81. The first kappa shape index (κ1) is 21.5. The average Bonchev–Trinajstić information content (AvgIpc) is 3.16. The van der Waals surface area contributed by atoms with Gasteiger partial charge in [0.15, 0.2) is 11.8 Å². The normalized spacial score (nSPS) is 12.4. The molecule has 0 N–H and O–H groups in total. The van der Waals surface area contributed by atoms with Crippen LogP contribution in [-0.4, -0.2) is 39.7 Å². The number of benzene rings is 1. The van der Waals surface area contributed by atoms with Gasteiger partial charge in [0.1, 0.15) is 5.75 Å². The molecule has 0 saturated carbocycles. The minimum Gasteiger partial charge on any atom is -0.497 e. The molecule has 1 atom stereocenters. The number of ether oxygens (including phenoxy) is 2. The molecule has 0 aliphatic rings. The molecule has 0 radical (unpaired) electrons. The smallest absolute Gasteiger partial charge is 0.339 e. The summed E-state index contributed by atoms with van der Waals surface area (Å²) in [7, 11) is 1.56. The lowest BCUT2D eigenvalue weighted by molar-refractivity contribution is 0.0320. The van der Waals surface area contributed by atoms with Gasteiger partial charge in [-0.05, 0) is 57.0 Å². The molecule has 0 amide bonds. The first-order valence-electron chi connectivity index (χ1n) is 10.00. The molecule has 158 valence electrons. The monoisotopic (exact) mass is 409 g/mol. The largest absolute Gasteiger partial charge is 0.497 e. The van der Waals surface area contributed by atoms with E-state index in [1.54, 1.807) is 55.2 Å². The molecule has 2 heterocycles. The van der Waals surface area contributed by atoms with Crippen LogP contribution in [0, 0.1) is 0 Å². The van der Waals surface area contributed by atoms with E-state index in [1.165, 1.54) is 0 Å². The summed E-state index contributed by atoms with van der Waals surface area (Å²) in [5.74, 6) is -0.0752. The molecule has 0 fully saturated rings. The molecule has 30 heavy (non-hydrogen) atoms. The molecule has 0 bridgehead atoms. The highest BCUT2D eigenvalue weighted by Crippen LogP contribution is 2.25. The van der Waals surface area contributed by atoms with Crippen molar-refractivity contribution in [3.8, 4) is 5.75 Å². The van der Waals surface area contributed by atoms with E-state index in [2.05, 4.69) is 5.10 Å². The predicted octanol–water partition coefficient (Wildman–Crippen LogP) is 4.57. The van der Waals surface area contributed by atoms with Crippen molar-refractivity contribution in [3.05, 3.63) is 53.3 Å². The van der Waals surface area contributed by atoms with Gasteiger partial charge in [0, 0.05) is 17.3 Å². The Bertz CT molecular complexity index is 1070. The van der Waals surface area contributed by atoms with Crippen LogP contribution < -0.4 is 4.74 Å². The molecule has 3 rings (SSSR count). The number of methoxy groups -OCH3 is 1. The van der Waals surface area contributed by atoms with Crippen molar-refractivity contribution in [2.24, 2.45) is 0 Å². The summed E-state index contributed by atoms with van der Waals surface area (Å²) < 4.78 is 12.4. The van der Waals surface area contributed by atoms with Crippen molar-refractivity contribution in [1.29, 1.82) is 0 Å². The summed E-state index contributed by atoms with van der Waals surface area (Å²) in [5, 5.41) is 5.00. The summed E-state index contributed by atoms with van der Waals surface area (Å²) in [5.41, 5.74) is 2.22. The second-order valence-corrected chi connectivity index (χ2v) is 7.81. The van der Waals surface area contributed by atoms with Crippen LogP contribution in [0.4, 0.5) is 0 Å². The van der Waals surface area contributed by atoms with Crippen molar-refractivity contribution in [2.45, 2.75) is 52.7 Å². The van der Waals surface area contributed by atoms with Gasteiger partial charge in [-0.3, -0.25) is 4.79 Å². The van der Waals surface area contributed by atoms with E-state index in [9.17, 15) is 9.59 Å². The van der Waals surface area contributed by atoms with E-state index in [1.807, 2.05) is 27.7 Å². The zero-order chi connectivity index (χ0) is 22.0. The Balaban J connectivity index is 1.90. The number of nitrogens with zero attached hydrogens (tertiary/aromatic N) is 3. The maximum absolute atomic E-state index is 13.0. The summed E-state index contributed by atoms with van der Waals surface area (Å²) in [4.78, 5) is 30.4. The number of Topliss-reactive ketones (excluding diaryl/α,β-unsaturated/α-hetero) is 1. The fourth-order valence-electron chi connectivity index (χ4n) is 3.15. The van der Waals surface area contributed by atoms with Gasteiger partial charge < -0.3 is 9.47 Å². The van der Waals surface area contributed by atoms with E-state index >= 15 is 0 Å².